The maximum absolute atomic E-state index is 13.0. The molecule has 0 aromatic heterocycles. The molecule has 7 heteroatoms. The molecule has 3 amide bonds. The third-order valence-corrected chi connectivity index (χ3v) is 5.26. The highest BCUT2D eigenvalue weighted by Gasteiger charge is 2.39. The van der Waals surface area contributed by atoms with Crippen LogP contribution < -0.4 is 16.4 Å². The van der Waals surface area contributed by atoms with Crippen molar-refractivity contribution in [3.63, 3.8) is 0 Å². The van der Waals surface area contributed by atoms with Gasteiger partial charge in [0, 0.05) is 25.1 Å². The van der Waals surface area contributed by atoms with Gasteiger partial charge in [0.2, 0.25) is 11.8 Å². The number of carbonyl (C=O) groups excluding carboxylic acids is 3. The Bertz CT molecular complexity index is 719. The highest BCUT2D eigenvalue weighted by molar-refractivity contribution is 6.05. The number of benzene rings is 1. The summed E-state index contributed by atoms with van der Waals surface area (Å²) in [5.41, 5.74) is 8.12. The van der Waals surface area contributed by atoms with Gasteiger partial charge in [0.15, 0.2) is 0 Å². The third-order valence-electron chi connectivity index (χ3n) is 5.26. The van der Waals surface area contributed by atoms with Gasteiger partial charge in [-0.3, -0.25) is 19.7 Å². The van der Waals surface area contributed by atoms with Crippen LogP contribution in [0.15, 0.2) is 18.2 Å². The second-order valence-corrected chi connectivity index (χ2v) is 7.23. The summed E-state index contributed by atoms with van der Waals surface area (Å²) in [6.07, 6.45) is 5.12. The molecule has 4 N–H and O–H groups in total. The van der Waals surface area contributed by atoms with Gasteiger partial charge in [0.05, 0.1) is 0 Å². The van der Waals surface area contributed by atoms with E-state index in [0.717, 1.165) is 49.9 Å². The van der Waals surface area contributed by atoms with Gasteiger partial charge in [-0.2, -0.15) is 0 Å². The smallest absolute Gasteiger partial charge is 0.255 e. The molecule has 146 valence electrons. The molecule has 0 bridgehead atoms. The van der Waals surface area contributed by atoms with Crippen LogP contribution in [0, 0.1) is 0 Å². The molecule has 2 heterocycles. The number of hydrogen-bond donors (Lipinski definition) is 3. The molecule has 1 aromatic rings. The van der Waals surface area contributed by atoms with Crippen LogP contribution in [0.1, 0.15) is 60.0 Å². The minimum atomic E-state index is -0.564. The average Bonchev–Trinajstić information content (AvgIpc) is 2.98. The van der Waals surface area contributed by atoms with Gasteiger partial charge in [-0.1, -0.05) is 31.0 Å². The van der Waals surface area contributed by atoms with Gasteiger partial charge in [-0.25, -0.2) is 0 Å². The van der Waals surface area contributed by atoms with Crippen LogP contribution in [0.5, 0.6) is 0 Å². The number of hydrogen-bond acceptors (Lipinski definition) is 5. The van der Waals surface area contributed by atoms with E-state index >= 15 is 0 Å². The first-order valence-corrected chi connectivity index (χ1v) is 9.78. The Morgan fingerprint density at radius 3 is 2.74 bits per heavy atom. The highest BCUT2D eigenvalue weighted by atomic mass is 16.2. The molecule has 1 atom stereocenters. The zero-order valence-corrected chi connectivity index (χ0v) is 15.6. The fourth-order valence-electron chi connectivity index (χ4n) is 3.81. The second-order valence-electron chi connectivity index (χ2n) is 7.23. The van der Waals surface area contributed by atoms with Crippen molar-refractivity contribution < 1.29 is 14.4 Å². The summed E-state index contributed by atoms with van der Waals surface area (Å²) in [6, 6.07) is 5.30. The Labute approximate surface area is 159 Å². The van der Waals surface area contributed by atoms with Gasteiger partial charge in [-0.05, 0) is 43.5 Å². The van der Waals surface area contributed by atoms with E-state index in [-0.39, 0.29) is 24.1 Å². The first-order chi connectivity index (χ1) is 13.1. The van der Waals surface area contributed by atoms with E-state index in [9.17, 15) is 14.4 Å². The van der Waals surface area contributed by atoms with Crippen LogP contribution in [0.3, 0.4) is 0 Å². The lowest BCUT2D eigenvalue weighted by Crippen LogP contribution is -2.52. The second kappa shape index (κ2) is 9.10. The normalized spacial score (nSPS) is 19.4. The summed E-state index contributed by atoms with van der Waals surface area (Å²) in [5, 5.41) is 5.75. The Kier molecular flexibility index (Phi) is 6.58. The molecule has 7 nitrogen and oxygen atoms in total. The Hall–Kier alpha value is -2.25. The molecular formula is C20H28N4O3. The minimum absolute atomic E-state index is 0.111. The van der Waals surface area contributed by atoms with E-state index < -0.39 is 6.04 Å². The number of fused-ring (bicyclic) bond motifs is 1. The third kappa shape index (κ3) is 4.54. The number of carbonyl (C=O) groups is 3. The van der Waals surface area contributed by atoms with Crippen LogP contribution in [0.4, 0.5) is 0 Å². The summed E-state index contributed by atoms with van der Waals surface area (Å²) in [7, 11) is 0. The number of unbranched alkanes of at least 4 members (excludes halogenated alkanes) is 3. The molecule has 1 fully saturated rings. The molecule has 1 unspecified atom stereocenters. The van der Waals surface area contributed by atoms with E-state index in [1.54, 1.807) is 4.90 Å². The number of amides is 3. The summed E-state index contributed by atoms with van der Waals surface area (Å²) in [5.74, 6) is -0.749. The molecule has 27 heavy (non-hydrogen) atoms. The molecule has 0 saturated carbocycles. The van der Waals surface area contributed by atoms with Crippen molar-refractivity contribution in [3.8, 4) is 0 Å². The van der Waals surface area contributed by atoms with Crippen molar-refractivity contribution in [1.29, 1.82) is 0 Å². The number of nitrogens with one attached hydrogen (secondary N) is 2. The fourth-order valence-corrected chi connectivity index (χ4v) is 3.81. The fraction of sp³-hybridized carbons (Fsp3) is 0.550. The predicted molar refractivity (Wildman–Crippen MR) is 102 cm³/mol. The standard InChI is InChI=1S/C20H28N4O3/c21-10-3-1-2-4-11-22-12-14-6-5-7-15-13-24(20(27)18(14)15)16-8-9-17(25)23-19(16)26/h5-7,16,22H,1-4,8-13,21H2,(H,23,25,26). The lowest BCUT2D eigenvalue weighted by molar-refractivity contribution is -0.136. The van der Waals surface area contributed by atoms with Gasteiger partial charge >= 0.3 is 0 Å². The predicted octanol–water partition coefficient (Wildman–Crippen LogP) is 1.06. The molecule has 2 aliphatic rings. The van der Waals surface area contributed by atoms with Crippen molar-refractivity contribution in [1.82, 2.24) is 15.5 Å². The maximum atomic E-state index is 13.0. The van der Waals surface area contributed by atoms with Crippen molar-refractivity contribution in [2.45, 2.75) is 57.7 Å². The number of nitrogens with zero attached hydrogens (tertiary/aromatic N) is 1. The van der Waals surface area contributed by atoms with E-state index in [1.165, 1.54) is 0 Å². The number of imide groups is 1. The van der Waals surface area contributed by atoms with Gasteiger partial charge in [0.25, 0.3) is 5.91 Å². The zero-order valence-electron chi connectivity index (χ0n) is 15.6. The SMILES string of the molecule is NCCCCCCNCc1cccc2c1C(=O)N(C1CCC(=O)NC1=O)C2. The molecular weight excluding hydrogens is 344 g/mol. The van der Waals surface area contributed by atoms with Crippen LogP contribution in [-0.4, -0.2) is 41.8 Å². The molecule has 1 aromatic carbocycles. The topological polar surface area (TPSA) is 105 Å². The van der Waals surface area contributed by atoms with E-state index in [4.69, 9.17) is 5.73 Å². The van der Waals surface area contributed by atoms with Crippen LogP contribution >= 0.6 is 0 Å². The van der Waals surface area contributed by atoms with Crippen LogP contribution in [0.25, 0.3) is 0 Å². The van der Waals surface area contributed by atoms with E-state index in [1.807, 2.05) is 18.2 Å². The highest BCUT2D eigenvalue weighted by Crippen LogP contribution is 2.29. The summed E-state index contributed by atoms with van der Waals surface area (Å²) in [6.45, 7) is 2.71. The Morgan fingerprint density at radius 2 is 1.96 bits per heavy atom. The van der Waals surface area contributed by atoms with Gasteiger partial charge in [0.1, 0.15) is 6.04 Å². The Balaban J connectivity index is 1.59. The van der Waals surface area contributed by atoms with Gasteiger partial charge in [-0.15, -0.1) is 0 Å². The first-order valence-electron chi connectivity index (χ1n) is 9.78. The number of nitrogens with two attached hydrogens (primary N) is 1. The molecule has 1 saturated heterocycles. The Morgan fingerprint density at radius 1 is 1.15 bits per heavy atom. The zero-order chi connectivity index (χ0) is 19.2. The summed E-state index contributed by atoms with van der Waals surface area (Å²) in [4.78, 5) is 38.1. The average molecular weight is 372 g/mol. The van der Waals surface area contributed by atoms with Crippen molar-refractivity contribution in [3.05, 3.63) is 34.9 Å². The number of rotatable bonds is 9. The molecule has 0 radical (unpaired) electrons. The van der Waals surface area contributed by atoms with Crippen molar-refractivity contribution in [2.24, 2.45) is 5.73 Å². The minimum Gasteiger partial charge on any atom is -0.330 e. The molecule has 3 rings (SSSR count). The van der Waals surface area contributed by atoms with Crippen molar-refractivity contribution in [2.75, 3.05) is 13.1 Å². The molecule has 2 aliphatic heterocycles. The lowest BCUT2D eigenvalue weighted by Gasteiger charge is -2.29. The lowest BCUT2D eigenvalue weighted by atomic mass is 10.0. The first kappa shape index (κ1) is 19.5. The van der Waals surface area contributed by atoms with E-state index in [2.05, 4.69) is 10.6 Å². The monoisotopic (exact) mass is 372 g/mol. The quantitative estimate of drug-likeness (QED) is 0.444. The molecule has 0 spiro atoms. The summed E-state index contributed by atoms with van der Waals surface area (Å²) >= 11 is 0. The molecule has 0 aliphatic carbocycles. The van der Waals surface area contributed by atoms with Crippen LogP contribution in [-0.2, 0) is 22.7 Å². The number of piperidine rings is 1. The van der Waals surface area contributed by atoms with Crippen LogP contribution in [0.2, 0.25) is 0 Å². The van der Waals surface area contributed by atoms with Gasteiger partial charge < -0.3 is 16.0 Å². The van der Waals surface area contributed by atoms with E-state index in [0.29, 0.717) is 25.1 Å². The van der Waals surface area contributed by atoms with Crippen molar-refractivity contribution >= 4 is 17.7 Å². The summed E-state index contributed by atoms with van der Waals surface area (Å²) < 4.78 is 0. The largest absolute Gasteiger partial charge is 0.330 e. The maximum Gasteiger partial charge on any atom is 0.255 e.